The van der Waals surface area contributed by atoms with Crippen LogP contribution < -0.4 is 0 Å². The SMILES string of the molecule is COC(=O)c1cccc2c3c([nH]c12)CCN(C(=O)CCc1cccc(Cl)c1Cl)C3. The summed E-state index contributed by atoms with van der Waals surface area (Å²) >= 11 is 12.3. The highest BCUT2D eigenvalue weighted by Crippen LogP contribution is 2.31. The zero-order chi connectivity index (χ0) is 20.5. The second-order valence-corrected chi connectivity index (χ2v) is 7.87. The lowest BCUT2D eigenvalue weighted by atomic mass is 10.0. The Labute approximate surface area is 178 Å². The summed E-state index contributed by atoms with van der Waals surface area (Å²) in [5.74, 6) is -0.300. The van der Waals surface area contributed by atoms with Crippen LogP contribution in [0.4, 0.5) is 0 Å². The van der Waals surface area contributed by atoms with E-state index >= 15 is 0 Å². The highest BCUT2D eigenvalue weighted by molar-refractivity contribution is 6.42. The van der Waals surface area contributed by atoms with Gasteiger partial charge in [0.1, 0.15) is 0 Å². The topological polar surface area (TPSA) is 62.4 Å². The number of aromatic amines is 1. The number of H-pyrrole nitrogens is 1. The van der Waals surface area contributed by atoms with Gasteiger partial charge in [-0.3, -0.25) is 4.79 Å². The standard InChI is InChI=1S/C22H20Cl2N2O3/c1-29-22(28)15-6-3-5-14-16-12-26(11-10-18(16)25-21(14)15)19(27)9-8-13-4-2-7-17(23)20(13)24/h2-7,25H,8-12H2,1H3. The number of esters is 1. The van der Waals surface area contributed by atoms with Crippen molar-refractivity contribution in [3.8, 4) is 0 Å². The molecule has 0 spiro atoms. The Morgan fingerprint density at radius 3 is 2.76 bits per heavy atom. The third-order valence-corrected chi connectivity index (χ3v) is 6.27. The van der Waals surface area contributed by atoms with Gasteiger partial charge < -0.3 is 14.6 Å². The van der Waals surface area contributed by atoms with Gasteiger partial charge in [0.25, 0.3) is 0 Å². The molecule has 5 nitrogen and oxygen atoms in total. The van der Waals surface area contributed by atoms with Crippen LogP contribution in [-0.4, -0.2) is 35.4 Å². The average molecular weight is 431 g/mol. The number of nitrogens with one attached hydrogen (secondary N) is 1. The number of halogens is 2. The number of methoxy groups -OCH3 is 1. The fraction of sp³-hybridized carbons (Fsp3) is 0.273. The van der Waals surface area contributed by atoms with Crippen molar-refractivity contribution < 1.29 is 14.3 Å². The van der Waals surface area contributed by atoms with Gasteiger partial charge in [0.2, 0.25) is 5.91 Å². The van der Waals surface area contributed by atoms with E-state index in [0.29, 0.717) is 48.0 Å². The lowest BCUT2D eigenvalue weighted by Gasteiger charge is -2.27. The molecule has 0 unspecified atom stereocenters. The van der Waals surface area contributed by atoms with Crippen LogP contribution >= 0.6 is 23.2 Å². The summed E-state index contributed by atoms with van der Waals surface area (Å²) in [5.41, 5.74) is 4.28. The second kappa shape index (κ2) is 8.09. The lowest BCUT2D eigenvalue weighted by molar-refractivity contribution is -0.132. The molecule has 0 radical (unpaired) electrons. The molecule has 0 saturated heterocycles. The predicted octanol–water partition coefficient (Wildman–Crippen LogP) is 4.78. The second-order valence-electron chi connectivity index (χ2n) is 7.08. The maximum atomic E-state index is 12.8. The molecule has 0 atom stereocenters. The number of carbonyl (C=O) groups is 2. The minimum atomic E-state index is -0.375. The van der Waals surface area contributed by atoms with Gasteiger partial charge >= 0.3 is 5.97 Å². The van der Waals surface area contributed by atoms with E-state index in [2.05, 4.69) is 4.98 Å². The molecule has 0 aliphatic carbocycles. The van der Waals surface area contributed by atoms with Crippen molar-refractivity contribution in [2.75, 3.05) is 13.7 Å². The predicted molar refractivity (Wildman–Crippen MR) is 114 cm³/mol. The van der Waals surface area contributed by atoms with E-state index in [-0.39, 0.29) is 11.9 Å². The summed E-state index contributed by atoms with van der Waals surface area (Å²) in [6.07, 6.45) is 1.63. The smallest absolute Gasteiger partial charge is 0.339 e. The molecule has 0 fully saturated rings. The Kier molecular flexibility index (Phi) is 5.52. The number of carbonyl (C=O) groups excluding carboxylic acids is 2. The number of hydrogen-bond acceptors (Lipinski definition) is 3. The Morgan fingerprint density at radius 2 is 1.97 bits per heavy atom. The normalized spacial score (nSPS) is 13.4. The Balaban J connectivity index is 1.53. The molecule has 29 heavy (non-hydrogen) atoms. The van der Waals surface area contributed by atoms with E-state index < -0.39 is 0 Å². The van der Waals surface area contributed by atoms with Crippen LogP contribution in [0.3, 0.4) is 0 Å². The maximum absolute atomic E-state index is 12.8. The molecule has 3 aromatic rings. The van der Waals surface area contributed by atoms with Crippen molar-refractivity contribution in [1.82, 2.24) is 9.88 Å². The van der Waals surface area contributed by atoms with Crippen molar-refractivity contribution in [3.05, 3.63) is 68.8 Å². The monoisotopic (exact) mass is 430 g/mol. The van der Waals surface area contributed by atoms with Crippen molar-refractivity contribution in [2.45, 2.75) is 25.8 Å². The van der Waals surface area contributed by atoms with Gasteiger partial charge in [-0.25, -0.2) is 4.79 Å². The van der Waals surface area contributed by atoms with Crippen molar-refractivity contribution in [1.29, 1.82) is 0 Å². The van der Waals surface area contributed by atoms with E-state index in [0.717, 1.165) is 27.7 Å². The highest BCUT2D eigenvalue weighted by Gasteiger charge is 2.25. The molecule has 7 heteroatoms. The van der Waals surface area contributed by atoms with E-state index in [1.54, 1.807) is 12.1 Å². The number of fused-ring (bicyclic) bond motifs is 3. The molecule has 1 amide bonds. The maximum Gasteiger partial charge on any atom is 0.339 e. The molecule has 0 saturated carbocycles. The first kappa shape index (κ1) is 19.8. The summed E-state index contributed by atoms with van der Waals surface area (Å²) in [6, 6.07) is 11.0. The van der Waals surface area contributed by atoms with Crippen LogP contribution in [0.2, 0.25) is 10.0 Å². The number of hydrogen-bond donors (Lipinski definition) is 1. The fourth-order valence-corrected chi connectivity index (χ4v) is 4.29. The number of ether oxygens (including phenoxy) is 1. The molecule has 2 aromatic carbocycles. The number of benzene rings is 2. The van der Waals surface area contributed by atoms with Crippen LogP contribution in [-0.2, 0) is 28.9 Å². The van der Waals surface area contributed by atoms with Crippen molar-refractivity contribution >= 4 is 46.0 Å². The van der Waals surface area contributed by atoms with Crippen LogP contribution in [0.15, 0.2) is 36.4 Å². The van der Waals surface area contributed by atoms with Crippen LogP contribution in [0.1, 0.15) is 33.6 Å². The molecule has 1 N–H and O–H groups in total. The van der Waals surface area contributed by atoms with Gasteiger partial charge in [-0.2, -0.15) is 0 Å². The molecule has 150 valence electrons. The van der Waals surface area contributed by atoms with E-state index in [4.69, 9.17) is 27.9 Å². The van der Waals surface area contributed by atoms with Crippen molar-refractivity contribution in [3.63, 3.8) is 0 Å². The van der Waals surface area contributed by atoms with Gasteiger partial charge in [-0.15, -0.1) is 0 Å². The molecule has 1 aliphatic rings. The van der Waals surface area contributed by atoms with Crippen LogP contribution in [0, 0.1) is 0 Å². The van der Waals surface area contributed by atoms with Crippen LogP contribution in [0.25, 0.3) is 10.9 Å². The quantitative estimate of drug-likeness (QED) is 0.605. The van der Waals surface area contributed by atoms with Crippen LogP contribution in [0.5, 0.6) is 0 Å². The summed E-state index contributed by atoms with van der Waals surface area (Å²) < 4.78 is 4.88. The number of aryl methyl sites for hydroxylation is 1. The molecule has 2 heterocycles. The van der Waals surface area contributed by atoms with E-state index in [1.165, 1.54) is 7.11 Å². The zero-order valence-electron chi connectivity index (χ0n) is 15.9. The Morgan fingerprint density at radius 1 is 1.17 bits per heavy atom. The third kappa shape index (κ3) is 3.72. The first-order valence-corrected chi connectivity index (χ1v) is 10.2. The van der Waals surface area contributed by atoms with Gasteiger partial charge in [-0.1, -0.05) is 47.5 Å². The minimum absolute atomic E-state index is 0.0742. The number of aromatic nitrogens is 1. The number of para-hydroxylation sites is 1. The van der Waals surface area contributed by atoms with Gasteiger partial charge in [0.05, 0.1) is 28.2 Å². The van der Waals surface area contributed by atoms with E-state index in [9.17, 15) is 9.59 Å². The van der Waals surface area contributed by atoms with E-state index in [1.807, 2.05) is 29.2 Å². The minimum Gasteiger partial charge on any atom is -0.465 e. The largest absolute Gasteiger partial charge is 0.465 e. The highest BCUT2D eigenvalue weighted by atomic mass is 35.5. The van der Waals surface area contributed by atoms with Gasteiger partial charge in [-0.05, 0) is 24.1 Å². The lowest BCUT2D eigenvalue weighted by Crippen LogP contribution is -2.35. The summed E-state index contributed by atoms with van der Waals surface area (Å²) in [7, 11) is 1.37. The number of amides is 1. The van der Waals surface area contributed by atoms with Gasteiger partial charge in [0.15, 0.2) is 0 Å². The molecular weight excluding hydrogens is 411 g/mol. The van der Waals surface area contributed by atoms with Gasteiger partial charge in [0, 0.05) is 42.6 Å². The number of nitrogens with zero attached hydrogens (tertiary/aromatic N) is 1. The summed E-state index contributed by atoms with van der Waals surface area (Å²) in [6.45, 7) is 1.15. The Bertz CT molecular complexity index is 1110. The molecule has 4 rings (SSSR count). The first-order valence-electron chi connectivity index (χ1n) is 9.41. The summed E-state index contributed by atoms with van der Waals surface area (Å²) in [5, 5.41) is 1.97. The van der Waals surface area contributed by atoms with Crippen molar-refractivity contribution in [2.24, 2.45) is 0 Å². The first-order chi connectivity index (χ1) is 14.0. The zero-order valence-corrected chi connectivity index (χ0v) is 17.4. The molecule has 0 bridgehead atoms. The third-order valence-electron chi connectivity index (χ3n) is 5.41. The molecule has 1 aliphatic heterocycles. The number of rotatable bonds is 4. The fourth-order valence-electron chi connectivity index (χ4n) is 3.87. The summed E-state index contributed by atoms with van der Waals surface area (Å²) in [4.78, 5) is 30.1. The molecular formula is C22H20Cl2N2O3. The average Bonchev–Trinajstić information content (AvgIpc) is 3.12. The molecule has 1 aromatic heterocycles. The Hall–Kier alpha value is -2.50.